The highest BCUT2D eigenvalue weighted by Gasteiger charge is 2.26. The third kappa shape index (κ3) is 3.73. The van der Waals surface area contributed by atoms with E-state index in [9.17, 15) is 4.79 Å². The number of nitrogens with zero attached hydrogens (tertiary/aromatic N) is 1. The van der Waals surface area contributed by atoms with Crippen LogP contribution < -0.4 is 10.1 Å². The molecule has 110 valence electrons. The second-order valence-corrected chi connectivity index (χ2v) is 5.46. The van der Waals surface area contributed by atoms with Crippen LogP contribution in [-0.4, -0.2) is 43.1 Å². The van der Waals surface area contributed by atoms with Crippen molar-refractivity contribution in [3.8, 4) is 5.75 Å². The molecule has 1 atom stereocenters. The van der Waals surface area contributed by atoms with Crippen molar-refractivity contribution in [2.75, 3.05) is 20.1 Å². The first-order valence-corrected chi connectivity index (χ1v) is 7.29. The van der Waals surface area contributed by atoms with Crippen LogP contribution >= 0.6 is 0 Å². The summed E-state index contributed by atoms with van der Waals surface area (Å²) in [5.74, 6) is 0.835. The van der Waals surface area contributed by atoms with Gasteiger partial charge in [0.25, 0.3) is 5.91 Å². The van der Waals surface area contributed by atoms with Gasteiger partial charge in [-0.15, -0.1) is 0 Å². The van der Waals surface area contributed by atoms with E-state index in [1.165, 1.54) is 5.56 Å². The van der Waals surface area contributed by atoms with Crippen molar-refractivity contribution < 1.29 is 9.53 Å². The summed E-state index contributed by atoms with van der Waals surface area (Å²) in [6.45, 7) is 5.48. The zero-order chi connectivity index (χ0) is 14.5. The molecule has 2 rings (SSSR count). The minimum Gasteiger partial charge on any atom is -0.481 e. The van der Waals surface area contributed by atoms with Crippen molar-refractivity contribution in [3.63, 3.8) is 0 Å². The molecule has 0 bridgehead atoms. The van der Waals surface area contributed by atoms with Gasteiger partial charge in [0.05, 0.1) is 0 Å². The Morgan fingerprint density at radius 3 is 2.45 bits per heavy atom. The first-order valence-electron chi connectivity index (χ1n) is 7.29. The van der Waals surface area contributed by atoms with Gasteiger partial charge in [-0.2, -0.15) is 0 Å². The van der Waals surface area contributed by atoms with E-state index in [1.807, 2.05) is 50.1 Å². The van der Waals surface area contributed by atoms with Gasteiger partial charge in [-0.3, -0.25) is 4.79 Å². The Hall–Kier alpha value is -1.55. The average molecular weight is 276 g/mol. The minimum atomic E-state index is -0.427. The molecule has 4 nitrogen and oxygen atoms in total. The maximum atomic E-state index is 12.3. The van der Waals surface area contributed by atoms with Gasteiger partial charge in [-0.1, -0.05) is 17.7 Å². The molecule has 1 N–H and O–H groups in total. The quantitative estimate of drug-likeness (QED) is 0.914. The molecule has 1 aliphatic heterocycles. The number of hydrogen-bond acceptors (Lipinski definition) is 3. The number of amides is 1. The Kier molecular flexibility index (Phi) is 5.01. The fourth-order valence-corrected chi connectivity index (χ4v) is 2.52. The predicted molar refractivity (Wildman–Crippen MR) is 79.9 cm³/mol. The largest absolute Gasteiger partial charge is 0.481 e. The summed E-state index contributed by atoms with van der Waals surface area (Å²) in [5.41, 5.74) is 1.19. The average Bonchev–Trinajstić information content (AvgIpc) is 2.49. The van der Waals surface area contributed by atoms with Crippen LogP contribution in [0, 0.1) is 6.92 Å². The topological polar surface area (TPSA) is 41.6 Å². The zero-order valence-corrected chi connectivity index (χ0v) is 12.6. The van der Waals surface area contributed by atoms with Gasteiger partial charge in [0.15, 0.2) is 6.10 Å². The molecule has 0 aliphatic carbocycles. The van der Waals surface area contributed by atoms with Crippen molar-refractivity contribution in [1.82, 2.24) is 10.2 Å². The van der Waals surface area contributed by atoms with Crippen LogP contribution in [0.3, 0.4) is 0 Å². The summed E-state index contributed by atoms with van der Waals surface area (Å²) in [5, 5.41) is 3.27. The van der Waals surface area contributed by atoms with Crippen molar-refractivity contribution >= 4 is 5.91 Å². The van der Waals surface area contributed by atoms with Crippen molar-refractivity contribution in [3.05, 3.63) is 29.8 Å². The molecule has 1 fully saturated rings. The number of aryl methyl sites for hydroxylation is 1. The Balaban J connectivity index is 1.87. The molecule has 20 heavy (non-hydrogen) atoms. The highest BCUT2D eigenvalue weighted by Crippen LogP contribution is 2.16. The molecular formula is C16H24N2O2. The third-order valence-electron chi connectivity index (χ3n) is 3.90. The van der Waals surface area contributed by atoms with Crippen LogP contribution in [0.15, 0.2) is 24.3 Å². The first-order chi connectivity index (χ1) is 9.60. The molecule has 0 aromatic heterocycles. The van der Waals surface area contributed by atoms with Gasteiger partial charge < -0.3 is 15.0 Å². The fourth-order valence-electron chi connectivity index (χ4n) is 2.52. The van der Waals surface area contributed by atoms with E-state index in [1.54, 1.807) is 0 Å². The lowest BCUT2D eigenvalue weighted by Gasteiger charge is -2.33. The summed E-state index contributed by atoms with van der Waals surface area (Å²) < 4.78 is 5.73. The number of carbonyl (C=O) groups excluding carboxylic acids is 1. The van der Waals surface area contributed by atoms with Gasteiger partial charge in [0.2, 0.25) is 0 Å². The Bertz CT molecular complexity index is 436. The van der Waals surface area contributed by atoms with E-state index in [-0.39, 0.29) is 5.91 Å². The predicted octanol–water partition coefficient (Wildman–Crippen LogP) is 1.97. The summed E-state index contributed by atoms with van der Waals surface area (Å²) in [7, 11) is 1.98. The summed E-state index contributed by atoms with van der Waals surface area (Å²) in [6.07, 6.45) is 1.60. The van der Waals surface area contributed by atoms with Gasteiger partial charge in [-0.05, 0) is 45.9 Å². The van der Waals surface area contributed by atoms with Gasteiger partial charge in [0.1, 0.15) is 5.75 Å². The van der Waals surface area contributed by atoms with Gasteiger partial charge in [0, 0.05) is 19.1 Å². The SMILES string of the molecule is CNC1CCN(C(=O)C(C)Oc2ccc(C)cc2)CC1. The van der Waals surface area contributed by atoms with Crippen molar-refractivity contribution in [1.29, 1.82) is 0 Å². The van der Waals surface area contributed by atoms with Crippen LogP contribution in [0.4, 0.5) is 0 Å². The second kappa shape index (κ2) is 6.75. The summed E-state index contributed by atoms with van der Waals surface area (Å²) >= 11 is 0. The second-order valence-electron chi connectivity index (χ2n) is 5.46. The minimum absolute atomic E-state index is 0.0835. The van der Waals surface area contributed by atoms with E-state index in [0.717, 1.165) is 31.7 Å². The lowest BCUT2D eigenvalue weighted by atomic mass is 10.0. The third-order valence-corrected chi connectivity index (χ3v) is 3.90. The lowest BCUT2D eigenvalue weighted by Crippen LogP contribution is -2.48. The smallest absolute Gasteiger partial charge is 0.263 e. The van der Waals surface area contributed by atoms with Crippen molar-refractivity contribution in [2.45, 2.75) is 38.8 Å². The number of benzene rings is 1. The molecule has 1 saturated heterocycles. The molecule has 1 unspecified atom stereocenters. The molecule has 1 aromatic carbocycles. The molecular weight excluding hydrogens is 252 g/mol. The van der Waals surface area contributed by atoms with Gasteiger partial charge in [-0.25, -0.2) is 0 Å². The summed E-state index contributed by atoms with van der Waals surface area (Å²) in [6, 6.07) is 8.33. The van der Waals surface area contributed by atoms with Gasteiger partial charge >= 0.3 is 0 Å². The molecule has 0 radical (unpaired) electrons. The molecule has 0 spiro atoms. The number of ether oxygens (including phenoxy) is 1. The van der Waals surface area contributed by atoms with Crippen LogP contribution in [0.25, 0.3) is 0 Å². The first kappa shape index (κ1) is 14.9. The monoisotopic (exact) mass is 276 g/mol. The number of carbonyl (C=O) groups is 1. The van der Waals surface area contributed by atoms with E-state index < -0.39 is 6.10 Å². The molecule has 0 saturated carbocycles. The fraction of sp³-hybridized carbons (Fsp3) is 0.562. The Morgan fingerprint density at radius 1 is 1.30 bits per heavy atom. The Labute approximate surface area is 121 Å². The standard InChI is InChI=1S/C16H24N2O2/c1-12-4-6-15(7-5-12)20-13(2)16(19)18-10-8-14(17-3)9-11-18/h4-7,13-14,17H,8-11H2,1-3H3. The number of likely N-dealkylation sites (tertiary alicyclic amines) is 1. The molecule has 4 heteroatoms. The number of rotatable bonds is 4. The molecule has 1 aromatic rings. The molecule has 1 aliphatic rings. The van der Waals surface area contributed by atoms with Crippen LogP contribution in [-0.2, 0) is 4.79 Å². The molecule has 1 amide bonds. The highest BCUT2D eigenvalue weighted by molar-refractivity contribution is 5.81. The van der Waals surface area contributed by atoms with E-state index in [0.29, 0.717) is 6.04 Å². The van der Waals surface area contributed by atoms with Crippen LogP contribution in [0.2, 0.25) is 0 Å². The Morgan fingerprint density at radius 2 is 1.90 bits per heavy atom. The number of hydrogen-bond donors (Lipinski definition) is 1. The summed E-state index contributed by atoms with van der Waals surface area (Å²) in [4.78, 5) is 14.3. The van der Waals surface area contributed by atoms with Crippen LogP contribution in [0.1, 0.15) is 25.3 Å². The normalized spacial score (nSPS) is 17.9. The lowest BCUT2D eigenvalue weighted by molar-refractivity contribution is -0.139. The number of nitrogens with one attached hydrogen (secondary N) is 1. The maximum absolute atomic E-state index is 12.3. The highest BCUT2D eigenvalue weighted by atomic mass is 16.5. The van der Waals surface area contributed by atoms with E-state index >= 15 is 0 Å². The zero-order valence-electron chi connectivity index (χ0n) is 12.6. The molecule has 1 heterocycles. The number of piperidine rings is 1. The van der Waals surface area contributed by atoms with E-state index in [4.69, 9.17) is 4.74 Å². The van der Waals surface area contributed by atoms with E-state index in [2.05, 4.69) is 5.32 Å². The van der Waals surface area contributed by atoms with Crippen LogP contribution in [0.5, 0.6) is 5.75 Å². The maximum Gasteiger partial charge on any atom is 0.263 e. The van der Waals surface area contributed by atoms with Crippen molar-refractivity contribution in [2.24, 2.45) is 0 Å².